The number of hydrogen-bond acceptors (Lipinski definition) is 5. The maximum absolute atomic E-state index is 12.4. The average Bonchev–Trinajstić information content (AvgIpc) is 2.47. The number of benzene rings is 2. The number of aliphatic carboxylic acids is 1. The van der Waals surface area contributed by atoms with E-state index in [9.17, 15) is 9.59 Å². The number of nitrogens with one attached hydrogen (secondary N) is 1. The first-order valence-electron chi connectivity index (χ1n) is 6.42. The molecule has 110 valence electrons. The number of carbonyl (C=O) groups excluding carboxylic acids is 1. The Hall–Kier alpha value is -2.05. The van der Waals surface area contributed by atoms with Crippen LogP contribution in [0, 0.1) is 0 Å². The Morgan fingerprint density at radius 2 is 1.95 bits per heavy atom. The molecule has 21 heavy (non-hydrogen) atoms. The Morgan fingerprint density at radius 3 is 2.62 bits per heavy atom. The third kappa shape index (κ3) is 3.34. The lowest BCUT2D eigenvalue weighted by atomic mass is 9.99. The molecular formula is C15H16N2O3S. The molecule has 0 aromatic heterocycles. The van der Waals surface area contributed by atoms with Gasteiger partial charge in [0.15, 0.2) is 5.78 Å². The number of nitrogen functional groups attached to an aromatic ring is 1. The average molecular weight is 304 g/mol. The summed E-state index contributed by atoms with van der Waals surface area (Å²) >= 11 is 3.94. The van der Waals surface area contributed by atoms with E-state index in [-0.39, 0.29) is 18.1 Å². The lowest BCUT2D eigenvalue weighted by Crippen LogP contribution is -2.41. The highest BCUT2D eigenvalue weighted by molar-refractivity contribution is 7.80. The smallest absolute Gasteiger partial charge is 0.321 e. The summed E-state index contributed by atoms with van der Waals surface area (Å²) in [5.41, 5.74) is 6.71. The Bertz CT molecular complexity index is 688. The Labute approximate surface area is 127 Å². The number of nitrogens with two attached hydrogens (primary N) is 1. The van der Waals surface area contributed by atoms with Crippen LogP contribution in [0.15, 0.2) is 36.4 Å². The molecule has 1 atom stereocenters. The van der Waals surface area contributed by atoms with E-state index in [1.165, 1.54) is 0 Å². The van der Waals surface area contributed by atoms with E-state index in [2.05, 4.69) is 17.9 Å². The first-order valence-corrected chi connectivity index (χ1v) is 7.05. The normalized spacial score (nSPS) is 12.2. The lowest BCUT2D eigenvalue weighted by molar-refractivity contribution is -0.138. The SMILES string of the molecule is Nc1ccc2ccccc2c1C(=O)CN[C@H](CS)C(=O)O. The molecule has 0 heterocycles. The van der Waals surface area contributed by atoms with Crippen molar-refractivity contribution < 1.29 is 14.7 Å². The number of carboxylic acid groups (broad SMARTS) is 1. The molecule has 0 saturated heterocycles. The van der Waals surface area contributed by atoms with Gasteiger partial charge in [-0.3, -0.25) is 14.9 Å². The number of thiol groups is 1. The van der Waals surface area contributed by atoms with Gasteiger partial charge in [0.25, 0.3) is 0 Å². The van der Waals surface area contributed by atoms with E-state index < -0.39 is 12.0 Å². The van der Waals surface area contributed by atoms with Crippen molar-refractivity contribution >= 4 is 40.8 Å². The summed E-state index contributed by atoms with van der Waals surface area (Å²) in [5.74, 6) is -1.17. The summed E-state index contributed by atoms with van der Waals surface area (Å²) in [6.45, 7) is -0.101. The predicted octanol–water partition coefficient (Wildman–Crippen LogP) is 1.58. The summed E-state index contributed by atoms with van der Waals surface area (Å²) in [6.07, 6.45) is 0. The summed E-state index contributed by atoms with van der Waals surface area (Å²) in [4.78, 5) is 23.3. The van der Waals surface area contributed by atoms with Crippen molar-refractivity contribution in [2.75, 3.05) is 18.0 Å². The van der Waals surface area contributed by atoms with Crippen LogP contribution in [0.25, 0.3) is 10.8 Å². The first kappa shape index (κ1) is 15.3. The van der Waals surface area contributed by atoms with Crippen LogP contribution in [0.4, 0.5) is 5.69 Å². The second-order valence-corrected chi connectivity index (χ2v) is 4.99. The van der Waals surface area contributed by atoms with E-state index in [1.54, 1.807) is 6.07 Å². The van der Waals surface area contributed by atoms with E-state index in [0.717, 1.165) is 10.8 Å². The van der Waals surface area contributed by atoms with Crippen LogP contribution < -0.4 is 11.1 Å². The van der Waals surface area contributed by atoms with Crippen LogP contribution in [0.3, 0.4) is 0 Å². The Morgan fingerprint density at radius 1 is 1.24 bits per heavy atom. The van der Waals surface area contributed by atoms with Gasteiger partial charge in [-0.2, -0.15) is 12.6 Å². The van der Waals surface area contributed by atoms with Crippen molar-refractivity contribution in [2.24, 2.45) is 0 Å². The maximum Gasteiger partial charge on any atom is 0.321 e. The van der Waals surface area contributed by atoms with Gasteiger partial charge in [-0.1, -0.05) is 30.3 Å². The summed E-state index contributed by atoms with van der Waals surface area (Å²) in [6, 6.07) is 10.1. The van der Waals surface area contributed by atoms with E-state index >= 15 is 0 Å². The van der Waals surface area contributed by atoms with Crippen molar-refractivity contribution in [1.29, 1.82) is 0 Å². The molecule has 0 bridgehead atoms. The molecule has 0 aliphatic heterocycles. The minimum Gasteiger partial charge on any atom is -0.480 e. The number of rotatable bonds is 6. The molecular weight excluding hydrogens is 288 g/mol. The molecule has 5 nitrogen and oxygen atoms in total. The number of hydrogen-bond donors (Lipinski definition) is 4. The number of anilines is 1. The van der Waals surface area contributed by atoms with Crippen LogP contribution in [-0.2, 0) is 4.79 Å². The highest BCUT2D eigenvalue weighted by atomic mass is 32.1. The molecule has 6 heteroatoms. The summed E-state index contributed by atoms with van der Waals surface area (Å²) < 4.78 is 0. The van der Waals surface area contributed by atoms with Gasteiger partial charge in [-0.15, -0.1) is 0 Å². The number of ketones is 1. The topological polar surface area (TPSA) is 92.4 Å². The van der Waals surface area contributed by atoms with E-state index in [1.807, 2.05) is 30.3 Å². The number of fused-ring (bicyclic) bond motifs is 1. The van der Waals surface area contributed by atoms with Gasteiger partial charge in [0, 0.05) is 17.0 Å². The molecule has 2 aromatic carbocycles. The van der Waals surface area contributed by atoms with Crippen LogP contribution in [0.2, 0.25) is 0 Å². The van der Waals surface area contributed by atoms with Gasteiger partial charge in [0.05, 0.1) is 6.54 Å². The lowest BCUT2D eigenvalue weighted by Gasteiger charge is -2.13. The number of carboxylic acids is 1. The fourth-order valence-electron chi connectivity index (χ4n) is 2.13. The van der Waals surface area contributed by atoms with Crippen molar-refractivity contribution in [3.63, 3.8) is 0 Å². The van der Waals surface area contributed by atoms with E-state index in [0.29, 0.717) is 11.3 Å². The van der Waals surface area contributed by atoms with Crippen molar-refractivity contribution in [3.8, 4) is 0 Å². The van der Waals surface area contributed by atoms with Gasteiger partial charge in [-0.05, 0) is 16.8 Å². The highest BCUT2D eigenvalue weighted by Gasteiger charge is 2.19. The third-order valence-corrected chi connectivity index (χ3v) is 3.59. The number of carbonyl (C=O) groups is 2. The minimum atomic E-state index is -1.04. The molecule has 0 aliphatic carbocycles. The van der Waals surface area contributed by atoms with Gasteiger partial charge < -0.3 is 10.8 Å². The zero-order chi connectivity index (χ0) is 15.4. The molecule has 0 radical (unpaired) electrons. The molecule has 2 aromatic rings. The van der Waals surface area contributed by atoms with Crippen LogP contribution in [-0.4, -0.2) is 35.2 Å². The fraction of sp³-hybridized carbons (Fsp3) is 0.200. The third-order valence-electron chi connectivity index (χ3n) is 3.23. The van der Waals surface area contributed by atoms with Gasteiger partial charge in [-0.25, -0.2) is 0 Å². The monoisotopic (exact) mass is 304 g/mol. The van der Waals surface area contributed by atoms with Crippen LogP contribution in [0.5, 0.6) is 0 Å². The second kappa shape index (κ2) is 6.60. The van der Waals surface area contributed by atoms with Gasteiger partial charge in [0.2, 0.25) is 0 Å². The van der Waals surface area contributed by atoms with Crippen molar-refractivity contribution in [2.45, 2.75) is 6.04 Å². The zero-order valence-corrected chi connectivity index (χ0v) is 12.1. The molecule has 0 saturated carbocycles. The molecule has 0 fully saturated rings. The van der Waals surface area contributed by atoms with Crippen molar-refractivity contribution in [3.05, 3.63) is 42.0 Å². The van der Waals surface area contributed by atoms with Crippen molar-refractivity contribution in [1.82, 2.24) is 5.32 Å². The van der Waals surface area contributed by atoms with Gasteiger partial charge in [0.1, 0.15) is 6.04 Å². The first-order chi connectivity index (χ1) is 10.0. The largest absolute Gasteiger partial charge is 0.480 e. The summed E-state index contributed by atoms with van der Waals surface area (Å²) in [7, 11) is 0. The second-order valence-electron chi connectivity index (χ2n) is 4.63. The fourth-order valence-corrected chi connectivity index (χ4v) is 2.42. The van der Waals surface area contributed by atoms with E-state index in [4.69, 9.17) is 10.8 Å². The molecule has 4 N–H and O–H groups in total. The van der Waals surface area contributed by atoms with Gasteiger partial charge >= 0.3 is 5.97 Å². The molecule has 0 aliphatic rings. The van der Waals surface area contributed by atoms with Crippen LogP contribution in [0.1, 0.15) is 10.4 Å². The standard InChI is InChI=1S/C15H16N2O3S/c16-11-6-5-9-3-1-2-4-10(9)14(11)13(18)7-17-12(8-21)15(19)20/h1-6,12,17,21H,7-8,16H2,(H,19,20)/t12-/m1/s1. The quantitative estimate of drug-likeness (QED) is 0.369. The molecule has 0 unspecified atom stereocenters. The maximum atomic E-state index is 12.4. The Kier molecular flexibility index (Phi) is 4.82. The number of Topliss-reactive ketones (excluding diaryl/α,β-unsaturated/α-hetero) is 1. The predicted molar refractivity (Wildman–Crippen MR) is 86.0 cm³/mol. The highest BCUT2D eigenvalue weighted by Crippen LogP contribution is 2.24. The Balaban J connectivity index is 2.27. The molecule has 2 rings (SSSR count). The van der Waals surface area contributed by atoms with Crippen LogP contribution >= 0.6 is 12.6 Å². The summed E-state index contributed by atoms with van der Waals surface area (Å²) in [5, 5.41) is 13.3. The molecule has 0 spiro atoms. The zero-order valence-electron chi connectivity index (χ0n) is 11.2. The molecule has 0 amide bonds. The minimum absolute atomic E-state index is 0.101.